The van der Waals surface area contributed by atoms with Gasteiger partial charge in [-0.3, -0.25) is 4.90 Å². The zero-order chi connectivity index (χ0) is 13.2. The van der Waals surface area contributed by atoms with Gasteiger partial charge in [0, 0.05) is 42.0 Å². The van der Waals surface area contributed by atoms with Crippen molar-refractivity contribution in [3.05, 3.63) is 21.9 Å². The highest BCUT2D eigenvalue weighted by Crippen LogP contribution is 2.41. The number of nitrogens with one attached hydrogen (secondary N) is 1. The van der Waals surface area contributed by atoms with E-state index in [1.54, 1.807) is 4.88 Å². The van der Waals surface area contributed by atoms with E-state index in [1.807, 2.05) is 11.3 Å². The van der Waals surface area contributed by atoms with E-state index in [2.05, 4.69) is 50.0 Å². The van der Waals surface area contributed by atoms with E-state index in [9.17, 15) is 0 Å². The molecule has 1 saturated heterocycles. The lowest BCUT2D eigenvalue weighted by Crippen LogP contribution is -2.48. The van der Waals surface area contributed by atoms with E-state index in [0.29, 0.717) is 11.5 Å². The van der Waals surface area contributed by atoms with Crippen molar-refractivity contribution in [3.8, 4) is 0 Å². The fourth-order valence-corrected chi connectivity index (χ4v) is 4.16. The first-order valence-electron chi connectivity index (χ1n) is 7.05. The molecule has 0 aliphatic carbocycles. The van der Waals surface area contributed by atoms with Crippen LogP contribution in [0.3, 0.4) is 0 Å². The maximum atomic E-state index is 3.45. The van der Waals surface area contributed by atoms with Crippen LogP contribution < -0.4 is 5.32 Å². The summed E-state index contributed by atoms with van der Waals surface area (Å²) in [5.74, 6) is 0. The minimum atomic E-state index is 0.299. The SMILES string of the molecule is CCc1ccc([C@H](N2CCNCC2)C(C)(C)C)s1. The van der Waals surface area contributed by atoms with Gasteiger partial charge < -0.3 is 5.32 Å². The number of rotatable bonds is 3. The van der Waals surface area contributed by atoms with Crippen molar-refractivity contribution in [3.63, 3.8) is 0 Å². The number of hydrogen-bond acceptors (Lipinski definition) is 3. The monoisotopic (exact) mass is 266 g/mol. The smallest absolute Gasteiger partial charge is 0.0490 e. The van der Waals surface area contributed by atoms with Crippen molar-refractivity contribution in [1.82, 2.24) is 10.2 Å². The molecule has 2 rings (SSSR count). The van der Waals surface area contributed by atoms with Crippen molar-refractivity contribution in [2.24, 2.45) is 5.41 Å². The van der Waals surface area contributed by atoms with Crippen LogP contribution in [-0.2, 0) is 6.42 Å². The molecular weight excluding hydrogens is 240 g/mol. The second-order valence-electron chi connectivity index (χ2n) is 6.21. The highest BCUT2D eigenvalue weighted by molar-refractivity contribution is 7.12. The Balaban J connectivity index is 2.24. The lowest BCUT2D eigenvalue weighted by Gasteiger charge is -2.41. The van der Waals surface area contributed by atoms with Crippen LogP contribution in [0.1, 0.15) is 43.5 Å². The molecule has 1 aromatic heterocycles. The molecule has 0 bridgehead atoms. The molecule has 0 saturated carbocycles. The van der Waals surface area contributed by atoms with Crippen LogP contribution in [0, 0.1) is 5.41 Å². The number of aryl methyl sites for hydroxylation is 1. The van der Waals surface area contributed by atoms with Crippen molar-refractivity contribution in [2.75, 3.05) is 26.2 Å². The summed E-state index contributed by atoms with van der Waals surface area (Å²) in [6, 6.07) is 5.22. The molecule has 3 heteroatoms. The molecule has 0 spiro atoms. The summed E-state index contributed by atoms with van der Waals surface area (Å²) in [6.07, 6.45) is 1.16. The zero-order valence-corrected chi connectivity index (χ0v) is 12.9. The van der Waals surface area contributed by atoms with Gasteiger partial charge in [-0.2, -0.15) is 0 Å². The van der Waals surface area contributed by atoms with E-state index >= 15 is 0 Å². The van der Waals surface area contributed by atoms with Gasteiger partial charge in [-0.05, 0) is 24.0 Å². The van der Waals surface area contributed by atoms with Crippen molar-refractivity contribution >= 4 is 11.3 Å². The summed E-state index contributed by atoms with van der Waals surface area (Å²) in [4.78, 5) is 5.71. The minimum absolute atomic E-state index is 0.299. The summed E-state index contributed by atoms with van der Waals surface area (Å²) < 4.78 is 0. The Morgan fingerprint density at radius 3 is 2.44 bits per heavy atom. The molecule has 1 aliphatic heterocycles. The normalized spacial score (nSPS) is 20.0. The van der Waals surface area contributed by atoms with Crippen molar-refractivity contribution in [2.45, 2.75) is 40.2 Å². The maximum Gasteiger partial charge on any atom is 0.0490 e. The summed E-state index contributed by atoms with van der Waals surface area (Å²) in [6.45, 7) is 13.9. The lowest BCUT2D eigenvalue weighted by atomic mass is 9.84. The van der Waals surface area contributed by atoms with Crippen LogP contribution in [0.2, 0.25) is 0 Å². The Morgan fingerprint density at radius 2 is 1.94 bits per heavy atom. The van der Waals surface area contributed by atoms with Gasteiger partial charge in [-0.15, -0.1) is 11.3 Å². The zero-order valence-electron chi connectivity index (χ0n) is 12.1. The van der Waals surface area contributed by atoms with Gasteiger partial charge in [-0.1, -0.05) is 27.7 Å². The van der Waals surface area contributed by atoms with E-state index in [0.717, 1.165) is 19.5 Å². The Morgan fingerprint density at radius 1 is 1.28 bits per heavy atom. The van der Waals surface area contributed by atoms with Gasteiger partial charge in [0.25, 0.3) is 0 Å². The van der Waals surface area contributed by atoms with Crippen molar-refractivity contribution in [1.29, 1.82) is 0 Å². The molecule has 2 heterocycles. The quantitative estimate of drug-likeness (QED) is 0.903. The highest BCUT2D eigenvalue weighted by atomic mass is 32.1. The fourth-order valence-electron chi connectivity index (χ4n) is 2.83. The van der Waals surface area contributed by atoms with E-state index in [1.165, 1.54) is 18.0 Å². The van der Waals surface area contributed by atoms with Gasteiger partial charge in [0.2, 0.25) is 0 Å². The molecule has 1 aromatic rings. The molecule has 102 valence electrons. The Bertz CT molecular complexity index is 372. The topological polar surface area (TPSA) is 15.3 Å². The first-order chi connectivity index (χ1) is 8.52. The lowest BCUT2D eigenvalue weighted by molar-refractivity contribution is 0.0888. The van der Waals surface area contributed by atoms with Crippen LogP contribution in [-0.4, -0.2) is 31.1 Å². The van der Waals surface area contributed by atoms with Crippen LogP contribution in [0.15, 0.2) is 12.1 Å². The summed E-state index contributed by atoms with van der Waals surface area (Å²) in [5.41, 5.74) is 0.299. The molecular formula is C15H26N2S. The average molecular weight is 266 g/mol. The maximum absolute atomic E-state index is 3.45. The van der Waals surface area contributed by atoms with Gasteiger partial charge >= 0.3 is 0 Å². The summed E-state index contributed by atoms with van der Waals surface area (Å²) in [7, 11) is 0. The van der Waals surface area contributed by atoms with E-state index < -0.39 is 0 Å². The van der Waals surface area contributed by atoms with Crippen LogP contribution in [0.4, 0.5) is 0 Å². The van der Waals surface area contributed by atoms with Crippen LogP contribution >= 0.6 is 11.3 Å². The number of hydrogen-bond donors (Lipinski definition) is 1. The molecule has 1 fully saturated rings. The predicted octanol–water partition coefficient (Wildman–Crippen LogP) is 3.30. The third-order valence-corrected chi connectivity index (χ3v) is 4.92. The second-order valence-corrected chi connectivity index (χ2v) is 7.41. The van der Waals surface area contributed by atoms with Crippen LogP contribution in [0.25, 0.3) is 0 Å². The Labute approximate surface area is 115 Å². The largest absolute Gasteiger partial charge is 0.314 e. The molecule has 0 unspecified atom stereocenters. The summed E-state index contributed by atoms with van der Waals surface area (Å²) >= 11 is 2.00. The van der Waals surface area contributed by atoms with E-state index in [4.69, 9.17) is 0 Å². The average Bonchev–Trinajstić information content (AvgIpc) is 2.77. The molecule has 18 heavy (non-hydrogen) atoms. The molecule has 1 atom stereocenters. The molecule has 0 aromatic carbocycles. The number of piperazine rings is 1. The molecule has 1 aliphatic rings. The molecule has 1 N–H and O–H groups in total. The predicted molar refractivity (Wildman–Crippen MR) is 80.3 cm³/mol. The Hall–Kier alpha value is -0.380. The second kappa shape index (κ2) is 5.72. The standard InChI is InChI=1S/C15H26N2S/c1-5-12-6-7-13(18-12)14(15(2,3)4)17-10-8-16-9-11-17/h6-7,14,16H,5,8-11H2,1-4H3/t14-/m0/s1. The van der Waals surface area contributed by atoms with Gasteiger partial charge in [0.05, 0.1) is 0 Å². The molecule has 0 amide bonds. The molecule has 0 radical (unpaired) electrons. The highest BCUT2D eigenvalue weighted by Gasteiger charge is 2.33. The minimum Gasteiger partial charge on any atom is -0.314 e. The van der Waals surface area contributed by atoms with Crippen LogP contribution in [0.5, 0.6) is 0 Å². The van der Waals surface area contributed by atoms with E-state index in [-0.39, 0.29) is 0 Å². The Kier molecular flexibility index (Phi) is 4.46. The van der Waals surface area contributed by atoms with Gasteiger partial charge in [-0.25, -0.2) is 0 Å². The number of thiophene rings is 1. The first kappa shape index (κ1) is 14.0. The first-order valence-corrected chi connectivity index (χ1v) is 7.87. The van der Waals surface area contributed by atoms with Crippen molar-refractivity contribution < 1.29 is 0 Å². The van der Waals surface area contributed by atoms with Gasteiger partial charge in [0.15, 0.2) is 0 Å². The van der Waals surface area contributed by atoms with Gasteiger partial charge in [0.1, 0.15) is 0 Å². The molecule has 2 nitrogen and oxygen atoms in total. The fraction of sp³-hybridized carbons (Fsp3) is 0.733. The third kappa shape index (κ3) is 3.14. The third-order valence-electron chi connectivity index (χ3n) is 3.64. The number of nitrogens with zero attached hydrogens (tertiary/aromatic N) is 1. The summed E-state index contributed by atoms with van der Waals surface area (Å²) in [5, 5.41) is 3.45.